The molecule has 1 aliphatic carbocycles. The molecule has 3 atom stereocenters. The zero-order valence-electron chi connectivity index (χ0n) is 18.7. The van der Waals surface area contributed by atoms with Gasteiger partial charge >= 0.3 is 0 Å². The fourth-order valence-electron chi connectivity index (χ4n) is 4.67. The maximum Gasteiger partial charge on any atom is 0.115 e. The highest BCUT2D eigenvalue weighted by molar-refractivity contribution is 5.86. The SMILES string of the molecule is C=C(CCC)c1nc([C@H]2C[C@@H](C)O[C@@H](c3cnn(C4CC4)c3)C2)cc2nc(C)cnc12. The van der Waals surface area contributed by atoms with Crippen LogP contribution in [0.1, 0.15) is 93.1 Å². The third kappa shape index (κ3) is 4.13. The average Bonchev–Trinajstić information content (AvgIpc) is 3.48. The fourth-order valence-corrected chi connectivity index (χ4v) is 4.67. The molecule has 3 aromatic heterocycles. The number of hydrogen-bond donors (Lipinski definition) is 0. The van der Waals surface area contributed by atoms with E-state index in [1.54, 1.807) is 0 Å². The van der Waals surface area contributed by atoms with Crippen LogP contribution in [0.15, 0.2) is 31.2 Å². The summed E-state index contributed by atoms with van der Waals surface area (Å²) in [6.45, 7) is 10.6. The Labute approximate surface area is 183 Å². The van der Waals surface area contributed by atoms with Crippen LogP contribution in [0.2, 0.25) is 0 Å². The molecule has 6 nitrogen and oxygen atoms in total. The summed E-state index contributed by atoms with van der Waals surface area (Å²) in [6, 6.07) is 2.72. The highest BCUT2D eigenvalue weighted by Gasteiger charge is 2.32. The van der Waals surface area contributed by atoms with Gasteiger partial charge in [-0.1, -0.05) is 19.9 Å². The normalized spacial score (nSPS) is 23.9. The van der Waals surface area contributed by atoms with Gasteiger partial charge in [-0.15, -0.1) is 0 Å². The number of nitrogens with zero attached hydrogens (tertiary/aromatic N) is 5. The second-order valence-electron chi connectivity index (χ2n) is 9.22. The number of pyridine rings is 1. The van der Waals surface area contributed by atoms with Crippen LogP contribution in [0.5, 0.6) is 0 Å². The third-order valence-electron chi connectivity index (χ3n) is 6.40. The molecule has 1 aliphatic heterocycles. The molecule has 0 bridgehead atoms. The minimum Gasteiger partial charge on any atom is -0.370 e. The molecule has 1 saturated heterocycles. The van der Waals surface area contributed by atoms with E-state index in [1.807, 2.05) is 19.3 Å². The summed E-state index contributed by atoms with van der Waals surface area (Å²) in [6.07, 6.45) is 12.4. The fraction of sp³-hybridized carbons (Fsp3) is 0.520. The van der Waals surface area contributed by atoms with Gasteiger partial charge in [0, 0.05) is 29.6 Å². The van der Waals surface area contributed by atoms with Crippen molar-refractivity contribution in [3.63, 3.8) is 0 Å². The Morgan fingerprint density at radius 2 is 2.06 bits per heavy atom. The van der Waals surface area contributed by atoms with E-state index in [0.29, 0.717) is 12.0 Å². The van der Waals surface area contributed by atoms with Crippen LogP contribution in [-0.4, -0.2) is 30.8 Å². The highest BCUT2D eigenvalue weighted by atomic mass is 16.5. The van der Waals surface area contributed by atoms with Gasteiger partial charge in [0.15, 0.2) is 0 Å². The van der Waals surface area contributed by atoms with Gasteiger partial charge in [-0.05, 0) is 57.6 Å². The average molecular weight is 418 g/mol. The van der Waals surface area contributed by atoms with E-state index < -0.39 is 0 Å². The van der Waals surface area contributed by atoms with Gasteiger partial charge < -0.3 is 4.74 Å². The second kappa shape index (κ2) is 8.15. The molecule has 0 radical (unpaired) electrons. The Morgan fingerprint density at radius 3 is 2.84 bits per heavy atom. The summed E-state index contributed by atoms with van der Waals surface area (Å²) in [4.78, 5) is 14.5. The number of rotatable bonds is 6. The molecule has 2 fully saturated rings. The smallest absolute Gasteiger partial charge is 0.115 e. The summed E-state index contributed by atoms with van der Waals surface area (Å²) in [5.74, 6) is 0.304. The van der Waals surface area contributed by atoms with E-state index in [2.05, 4.69) is 47.5 Å². The van der Waals surface area contributed by atoms with Crippen LogP contribution in [0.25, 0.3) is 16.6 Å². The van der Waals surface area contributed by atoms with Crippen molar-refractivity contribution < 1.29 is 4.74 Å². The molecule has 0 N–H and O–H groups in total. The first-order valence-corrected chi connectivity index (χ1v) is 11.5. The van der Waals surface area contributed by atoms with E-state index in [4.69, 9.17) is 14.7 Å². The van der Waals surface area contributed by atoms with Crippen molar-refractivity contribution in [2.75, 3.05) is 0 Å². The highest BCUT2D eigenvalue weighted by Crippen LogP contribution is 2.42. The maximum absolute atomic E-state index is 6.33. The lowest BCUT2D eigenvalue weighted by molar-refractivity contribution is -0.0506. The first-order chi connectivity index (χ1) is 15.0. The van der Waals surface area contributed by atoms with Gasteiger partial charge in [0.05, 0.1) is 41.4 Å². The number of fused-ring (bicyclic) bond motifs is 1. The summed E-state index contributed by atoms with van der Waals surface area (Å²) in [5.41, 5.74) is 6.88. The lowest BCUT2D eigenvalue weighted by atomic mass is 9.87. The van der Waals surface area contributed by atoms with Gasteiger partial charge in [-0.25, -0.2) is 4.98 Å². The minimum atomic E-state index is 0.0460. The molecule has 0 spiro atoms. The van der Waals surface area contributed by atoms with Crippen molar-refractivity contribution >= 4 is 16.6 Å². The van der Waals surface area contributed by atoms with Crippen LogP contribution in [-0.2, 0) is 4.74 Å². The minimum absolute atomic E-state index is 0.0460. The molecule has 5 rings (SSSR count). The van der Waals surface area contributed by atoms with Crippen LogP contribution in [0.3, 0.4) is 0 Å². The summed E-state index contributed by atoms with van der Waals surface area (Å²) in [7, 11) is 0. The van der Waals surface area contributed by atoms with E-state index in [0.717, 1.165) is 59.4 Å². The summed E-state index contributed by atoms with van der Waals surface area (Å²) < 4.78 is 8.44. The van der Waals surface area contributed by atoms with Crippen LogP contribution in [0, 0.1) is 6.92 Å². The zero-order chi connectivity index (χ0) is 21.5. The summed E-state index contributed by atoms with van der Waals surface area (Å²) in [5, 5.41) is 4.58. The summed E-state index contributed by atoms with van der Waals surface area (Å²) >= 11 is 0. The zero-order valence-corrected chi connectivity index (χ0v) is 18.7. The number of aromatic nitrogens is 5. The molecule has 0 aromatic carbocycles. The van der Waals surface area contributed by atoms with Gasteiger partial charge in [0.1, 0.15) is 5.52 Å². The molecule has 162 valence electrons. The van der Waals surface area contributed by atoms with Gasteiger partial charge in [0.25, 0.3) is 0 Å². The largest absolute Gasteiger partial charge is 0.370 e. The lowest BCUT2D eigenvalue weighted by Gasteiger charge is -2.33. The van der Waals surface area contributed by atoms with Gasteiger partial charge in [-0.3, -0.25) is 14.6 Å². The van der Waals surface area contributed by atoms with E-state index in [1.165, 1.54) is 18.4 Å². The molecular weight excluding hydrogens is 386 g/mol. The molecule has 3 aromatic rings. The third-order valence-corrected chi connectivity index (χ3v) is 6.40. The Bertz CT molecular complexity index is 1120. The predicted molar refractivity (Wildman–Crippen MR) is 122 cm³/mol. The quantitative estimate of drug-likeness (QED) is 0.514. The first-order valence-electron chi connectivity index (χ1n) is 11.5. The first kappa shape index (κ1) is 20.3. The molecule has 6 heteroatoms. The van der Waals surface area contributed by atoms with Crippen molar-refractivity contribution in [1.82, 2.24) is 24.7 Å². The van der Waals surface area contributed by atoms with Gasteiger partial charge in [-0.2, -0.15) is 5.10 Å². The van der Waals surface area contributed by atoms with Crippen molar-refractivity contribution in [2.24, 2.45) is 0 Å². The molecule has 31 heavy (non-hydrogen) atoms. The van der Waals surface area contributed by atoms with E-state index in [9.17, 15) is 0 Å². The Morgan fingerprint density at radius 1 is 1.23 bits per heavy atom. The molecule has 1 saturated carbocycles. The molecule has 0 amide bonds. The number of ether oxygens (including phenoxy) is 1. The number of aryl methyl sites for hydroxylation is 1. The van der Waals surface area contributed by atoms with Crippen LogP contribution in [0.4, 0.5) is 0 Å². The van der Waals surface area contributed by atoms with E-state index in [-0.39, 0.29) is 12.2 Å². The predicted octanol–water partition coefficient (Wildman–Crippen LogP) is 5.70. The van der Waals surface area contributed by atoms with Crippen LogP contribution < -0.4 is 0 Å². The Hall–Kier alpha value is -2.60. The second-order valence-corrected chi connectivity index (χ2v) is 9.22. The molecular formula is C25H31N5O. The molecule has 0 unspecified atom stereocenters. The van der Waals surface area contributed by atoms with Crippen molar-refractivity contribution in [2.45, 2.75) is 83.5 Å². The number of hydrogen-bond acceptors (Lipinski definition) is 5. The monoisotopic (exact) mass is 417 g/mol. The van der Waals surface area contributed by atoms with Crippen molar-refractivity contribution in [1.29, 1.82) is 0 Å². The maximum atomic E-state index is 6.33. The molecule has 2 aliphatic rings. The van der Waals surface area contributed by atoms with E-state index >= 15 is 0 Å². The standard InChI is InChI=1S/C25H31N5O/c1-5-6-15(2)24-25-22(28-16(3)12-26-25)11-21(29-24)18-9-17(4)31-23(10-18)19-13-27-30(14-19)20-7-8-20/h11-14,17-18,20,23H,2,5-10H2,1,3-4H3/t17-,18+,23-/m1/s1. The van der Waals surface area contributed by atoms with Crippen LogP contribution >= 0.6 is 0 Å². The topological polar surface area (TPSA) is 65.7 Å². The Balaban J connectivity index is 1.49. The number of allylic oxidation sites excluding steroid dienone is 1. The van der Waals surface area contributed by atoms with Gasteiger partial charge in [0.2, 0.25) is 0 Å². The van der Waals surface area contributed by atoms with Crippen molar-refractivity contribution in [3.05, 3.63) is 53.9 Å². The van der Waals surface area contributed by atoms with Crippen molar-refractivity contribution in [3.8, 4) is 0 Å². The lowest BCUT2D eigenvalue weighted by Crippen LogP contribution is -2.25. The Kier molecular flexibility index (Phi) is 5.34. The molecule has 4 heterocycles.